The molecule has 1 amide bonds. The summed E-state index contributed by atoms with van der Waals surface area (Å²) in [7, 11) is 0. The Morgan fingerprint density at radius 1 is 1.09 bits per heavy atom. The Labute approximate surface area is 260 Å². The predicted octanol–water partition coefficient (Wildman–Crippen LogP) is 1.62. The first-order valence-electron chi connectivity index (χ1n) is 16.4. The highest BCUT2D eigenvalue weighted by molar-refractivity contribution is 5.78. The summed E-state index contributed by atoms with van der Waals surface area (Å²) in [5, 5.41) is 25.7. The SMILES string of the molecule is Nc1cc(N2CCCC(CNC(=O)CC[C@H](N)C(=O)O)C2)nc(NCc2cn(CCCNCCCNC3CCCCC3)[nH]2)n1. The van der Waals surface area contributed by atoms with Crippen LogP contribution in [-0.4, -0.2) is 88.1 Å². The first-order chi connectivity index (χ1) is 21.4. The zero-order chi connectivity index (χ0) is 31.1. The lowest BCUT2D eigenvalue weighted by atomic mass is 9.95. The van der Waals surface area contributed by atoms with Crippen molar-refractivity contribution in [2.45, 2.75) is 95.8 Å². The number of aromatic nitrogens is 4. The number of nitrogens with two attached hydrogens (primary N) is 2. The molecule has 14 nitrogen and oxygen atoms in total. The molecule has 0 bridgehead atoms. The minimum Gasteiger partial charge on any atom is -0.480 e. The van der Waals surface area contributed by atoms with Crippen molar-refractivity contribution in [1.82, 2.24) is 35.7 Å². The molecule has 4 rings (SSSR count). The predicted molar refractivity (Wildman–Crippen MR) is 172 cm³/mol. The number of carbonyl (C=O) groups excluding carboxylic acids is 1. The van der Waals surface area contributed by atoms with E-state index in [2.05, 4.69) is 47.1 Å². The largest absolute Gasteiger partial charge is 0.480 e. The van der Waals surface area contributed by atoms with Gasteiger partial charge in [-0.2, -0.15) is 9.97 Å². The molecule has 1 aliphatic heterocycles. The standard InChI is InChI=1S/C30H53N11O3/c31-25(29(43)44)10-11-28(42)35-18-22-7-4-15-40(20-22)27-17-26(32)37-30(38-27)36-19-24-21-41(39-24)16-6-13-33-12-5-14-34-23-8-2-1-3-9-23/h17,21-23,25,33-34,39H,1-16,18-20,31H2,(H,35,42)(H,43,44)(H3,32,36,37,38)/t22?,25-/m0/s1. The maximum absolute atomic E-state index is 12.1. The number of carboxylic acids is 1. The molecule has 0 spiro atoms. The highest BCUT2D eigenvalue weighted by Crippen LogP contribution is 2.24. The first kappa shape index (κ1) is 33.5. The number of nitrogen functional groups attached to an aromatic ring is 1. The number of aromatic amines is 1. The lowest BCUT2D eigenvalue weighted by Gasteiger charge is -2.34. The molecular formula is C30H53N11O3. The monoisotopic (exact) mass is 615 g/mol. The van der Waals surface area contributed by atoms with Crippen LogP contribution in [0.4, 0.5) is 17.6 Å². The molecule has 2 aliphatic rings. The van der Waals surface area contributed by atoms with Crippen LogP contribution in [-0.2, 0) is 22.7 Å². The van der Waals surface area contributed by atoms with E-state index in [1.807, 2.05) is 0 Å². The van der Waals surface area contributed by atoms with Gasteiger partial charge in [0.25, 0.3) is 0 Å². The third-order valence-corrected chi connectivity index (χ3v) is 8.52. The van der Waals surface area contributed by atoms with Crippen molar-refractivity contribution in [2.24, 2.45) is 11.7 Å². The second kappa shape index (κ2) is 17.8. The minimum atomic E-state index is -1.09. The molecule has 2 atom stereocenters. The number of carboxylic acid groups (broad SMARTS) is 1. The van der Waals surface area contributed by atoms with Gasteiger partial charge in [0.05, 0.1) is 12.2 Å². The number of piperidine rings is 1. The van der Waals surface area contributed by atoms with Crippen molar-refractivity contribution in [3.8, 4) is 0 Å². The molecule has 0 radical (unpaired) electrons. The molecule has 1 saturated carbocycles. The summed E-state index contributed by atoms with van der Waals surface area (Å²) < 4.78 is 2.10. The van der Waals surface area contributed by atoms with Gasteiger partial charge in [0.1, 0.15) is 17.7 Å². The number of H-pyrrole nitrogens is 1. The molecule has 2 aromatic heterocycles. The molecule has 246 valence electrons. The molecular weight excluding hydrogens is 562 g/mol. The summed E-state index contributed by atoms with van der Waals surface area (Å²) in [5.41, 5.74) is 12.7. The Morgan fingerprint density at radius 2 is 1.89 bits per heavy atom. The van der Waals surface area contributed by atoms with Gasteiger partial charge in [0.15, 0.2) is 0 Å². The van der Waals surface area contributed by atoms with Crippen molar-refractivity contribution in [1.29, 1.82) is 0 Å². The number of amides is 1. The highest BCUT2D eigenvalue weighted by atomic mass is 16.4. The van der Waals surface area contributed by atoms with Crippen LogP contribution in [0.5, 0.6) is 0 Å². The van der Waals surface area contributed by atoms with E-state index in [-0.39, 0.29) is 24.7 Å². The van der Waals surface area contributed by atoms with Crippen molar-refractivity contribution < 1.29 is 14.7 Å². The van der Waals surface area contributed by atoms with Crippen LogP contribution in [0.25, 0.3) is 0 Å². The van der Waals surface area contributed by atoms with E-state index in [4.69, 9.17) is 21.6 Å². The van der Waals surface area contributed by atoms with Gasteiger partial charge in [-0.25, -0.2) is 0 Å². The summed E-state index contributed by atoms with van der Waals surface area (Å²) in [6.45, 7) is 6.80. The number of nitrogens with one attached hydrogen (secondary N) is 5. The second-order valence-corrected chi connectivity index (χ2v) is 12.3. The van der Waals surface area contributed by atoms with E-state index < -0.39 is 12.0 Å². The minimum absolute atomic E-state index is 0.0972. The smallest absolute Gasteiger partial charge is 0.320 e. The van der Waals surface area contributed by atoms with Gasteiger partial charge < -0.3 is 42.7 Å². The molecule has 44 heavy (non-hydrogen) atoms. The van der Waals surface area contributed by atoms with Crippen LogP contribution in [0, 0.1) is 5.92 Å². The lowest BCUT2D eigenvalue weighted by molar-refractivity contribution is -0.138. The van der Waals surface area contributed by atoms with Crippen LogP contribution in [0.2, 0.25) is 0 Å². The fourth-order valence-electron chi connectivity index (χ4n) is 5.96. The van der Waals surface area contributed by atoms with Gasteiger partial charge in [-0.3, -0.25) is 19.4 Å². The highest BCUT2D eigenvalue weighted by Gasteiger charge is 2.23. The fraction of sp³-hybridized carbons (Fsp3) is 0.733. The zero-order valence-electron chi connectivity index (χ0n) is 26.0. The third-order valence-electron chi connectivity index (χ3n) is 8.52. The van der Waals surface area contributed by atoms with E-state index in [0.717, 1.165) is 76.1 Å². The van der Waals surface area contributed by atoms with E-state index in [9.17, 15) is 9.59 Å². The van der Waals surface area contributed by atoms with Crippen molar-refractivity contribution in [2.75, 3.05) is 55.2 Å². The molecule has 1 unspecified atom stereocenters. The molecule has 2 fully saturated rings. The average molecular weight is 616 g/mol. The van der Waals surface area contributed by atoms with E-state index in [1.165, 1.54) is 38.5 Å². The summed E-state index contributed by atoms with van der Waals surface area (Å²) in [6.07, 6.45) is 13.4. The lowest BCUT2D eigenvalue weighted by Crippen LogP contribution is -2.41. The van der Waals surface area contributed by atoms with Gasteiger partial charge >= 0.3 is 5.97 Å². The Morgan fingerprint density at radius 3 is 2.68 bits per heavy atom. The maximum atomic E-state index is 12.1. The fourth-order valence-corrected chi connectivity index (χ4v) is 5.96. The number of anilines is 3. The molecule has 1 saturated heterocycles. The van der Waals surface area contributed by atoms with Crippen LogP contribution >= 0.6 is 0 Å². The third kappa shape index (κ3) is 11.6. The molecule has 14 heteroatoms. The van der Waals surface area contributed by atoms with Gasteiger partial charge in [0, 0.05) is 50.9 Å². The van der Waals surface area contributed by atoms with Crippen LogP contribution in [0.15, 0.2) is 12.3 Å². The summed E-state index contributed by atoms with van der Waals surface area (Å²) >= 11 is 0. The van der Waals surface area contributed by atoms with Crippen LogP contribution < -0.4 is 37.6 Å². The van der Waals surface area contributed by atoms with E-state index >= 15 is 0 Å². The normalized spacial score (nSPS) is 18.3. The molecule has 10 N–H and O–H groups in total. The maximum Gasteiger partial charge on any atom is 0.320 e. The summed E-state index contributed by atoms with van der Waals surface area (Å²) in [5.74, 6) is 0.618. The van der Waals surface area contributed by atoms with Crippen LogP contribution in [0.1, 0.15) is 76.3 Å². The number of hydrogen-bond donors (Lipinski definition) is 8. The Bertz CT molecular complexity index is 1140. The molecule has 3 heterocycles. The van der Waals surface area contributed by atoms with E-state index in [0.29, 0.717) is 24.9 Å². The van der Waals surface area contributed by atoms with Crippen molar-refractivity contribution >= 4 is 29.5 Å². The topological polar surface area (TPSA) is 204 Å². The Balaban J connectivity index is 1.10. The van der Waals surface area contributed by atoms with Crippen molar-refractivity contribution in [3.05, 3.63) is 18.0 Å². The van der Waals surface area contributed by atoms with E-state index in [1.54, 1.807) is 6.07 Å². The second-order valence-electron chi connectivity index (χ2n) is 12.3. The Hall–Kier alpha value is -3.36. The summed E-state index contributed by atoms with van der Waals surface area (Å²) in [4.78, 5) is 34.2. The number of carbonyl (C=O) groups is 2. The average Bonchev–Trinajstić information content (AvgIpc) is 3.00. The number of nitrogens with zero attached hydrogens (tertiary/aromatic N) is 4. The summed E-state index contributed by atoms with van der Waals surface area (Å²) in [6, 6.07) is 1.50. The first-order valence-corrected chi connectivity index (χ1v) is 16.4. The number of aliphatic carboxylic acids is 1. The molecule has 1 aliphatic carbocycles. The van der Waals surface area contributed by atoms with Gasteiger partial charge in [0.2, 0.25) is 11.9 Å². The van der Waals surface area contributed by atoms with Gasteiger partial charge in [-0.15, -0.1) is 0 Å². The van der Waals surface area contributed by atoms with Gasteiger partial charge in [-0.05, 0) is 70.5 Å². The van der Waals surface area contributed by atoms with Crippen molar-refractivity contribution in [3.63, 3.8) is 0 Å². The zero-order valence-corrected chi connectivity index (χ0v) is 26.0. The number of hydrogen-bond acceptors (Lipinski definition) is 10. The number of aryl methyl sites for hydroxylation is 1. The van der Waals surface area contributed by atoms with Gasteiger partial charge in [-0.1, -0.05) is 19.3 Å². The molecule has 2 aromatic rings. The molecule has 0 aromatic carbocycles. The number of rotatable bonds is 19. The quantitative estimate of drug-likeness (QED) is 0.107. The Kier molecular flexibility index (Phi) is 13.6. The van der Waals surface area contributed by atoms with Crippen LogP contribution in [0.3, 0.4) is 0 Å².